The molecule has 0 atom stereocenters. The lowest BCUT2D eigenvalue weighted by Gasteiger charge is -2.29. The van der Waals surface area contributed by atoms with Crippen LogP contribution in [-0.4, -0.2) is 29.3 Å². The lowest BCUT2D eigenvalue weighted by atomic mass is 9.86. The van der Waals surface area contributed by atoms with Gasteiger partial charge in [-0.3, -0.25) is 4.79 Å². The summed E-state index contributed by atoms with van der Waals surface area (Å²) in [5.74, 6) is -5.85. The van der Waals surface area contributed by atoms with Crippen LogP contribution in [0.5, 0.6) is 11.5 Å². The predicted octanol–water partition coefficient (Wildman–Crippen LogP) is 6.02. The number of ether oxygens (including phenoxy) is 1. The fraction of sp³-hybridized carbons (Fsp3) is 0.286. The summed E-state index contributed by atoms with van der Waals surface area (Å²) < 4.78 is 49.6. The highest BCUT2D eigenvalue weighted by molar-refractivity contribution is 9.11. The fourth-order valence-electron chi connectivity index (χ4n) is 4.35. The van der Waals surface area contributed by atoms with Crippen LogP contribution in [0.2, 0.25) is 0 Å². The minimum absolute atomic E-state index is 0.0239. The van der Waals surface area contributed by atoms with E-state index in [9.17, 15) is 23.1 Å². The minimum Gasteiger partial charge on any atom is -0.508 e. The van der Waals surface area contributed by atoms with Gasteiger partial charge in [-0.15, -0.1) is 0 Å². The summed E-state index contributed by atoms with van der Waals surface area (Å²) in [7, 11) is 0. The van der Waals surface area contributed by atoms with Crippen LogP contribution >= 0.6 is 15.9 Å². The molecule has 1 fully saturated rings. The van der Waals surface area contributed by atoms with Crippen molar-refractivity contribution in [2.45, 2.75) is 38.3 Å². The maximum Gasteiger partial charge on any atom is 0.254 e. The number of phenols is 1. The smallest absolute Gasteiger partial charge is 0.254 e. The Labute approximate surface area is 226 Å². The summed E-state index contributed by atoms with van der Waals surface area (Å²) in [6.45, 7) is 0.0163. The Morgan fingerprint density at radius 3 is 2.50 bits per heavy atom. The Bertz CT molecular complexity index is 1300. The van der Waals surface area contributed by atoms with E-state index in [1.807, 2.05) is 18.4 Å². The van der Waals surface area contributed by atoms with Crippen molar-refractivity contribution in [3.05, 3.63) is 93.4 Å². The predicted molar refractivity (Wildman–Crippen MR) is 142 cm³/mol. The van der Waals surface area contributed by atoms with Crippen molar-refractivity contribution in [3.63, 3.8) is 0 Å². The molecule has 0 bridgehead atoms. The van der Waals surface area contributed by atoms with E-state index in [0.29, 0.717) is 17.3 Å². The van der Waals surface area contributed by atoms with Crippen molar-refractivity contribution in [1.29, 1.82) is 5.41 Å². The summed E-state index contributed by atoms with van der Waals surface area (Å²) in [4.78, 5) is 12.5. The standard InChI is InChI=1S/C28H27BrF3N3O3/c29-19-6-5-18(24(33)11-19)14-34-20-7-1-16(2-8-20)13-35-28(37)22-12-23(30)27(26(32)25(22)31)38-15-17-3-9-21(36)10-4-17/h3-6,9-12,14,16,20,33-34,36H,1-2,7-8,13,15H2,(H,35,37)/b18-14-,33-24?. The molecule has 4 N–H and O–H groups in total. The van der Waals surface area contributed by atoms with Gasteiger partial charge in [0.15, 0.2) is 17.4 Å². The van der Waals surface area contributed by atoms with Crippen LogP contribution in [0, 0.1) is 28.8 Å². The van der Waals surface area contributed by atoms with Gasteiger partial charge in [-0.2, -0.15) is 4.39 Å². The van der Waals surface area contributed by atoms with Gasteiger partial charge >= 0.3 is 0 Å². The van der Waals surface area contributed by atoms with Gasteiger partial charge in [-0.25, -0.2) is 8.78 Å². The SMILES string of the molecule is N=C1C=C(Br)C=C/C1=C/NC1CCC(CNC(=O)c2cc(F)c(OCc3ccc(O)cc3)c(F)c2F)CC1. The number of amides is 1. The first-order chi connectivity index (χ1) is 18.2. The highest BCUT2D eigenvalue weighted by Crippen LogP contribution is 2.29. The summed E-state index contributed by atoms with van der Waals surface area (Å²) in [5.41, 5.74) is 1.00. The Kier molecular flexibility index (Phi) is 8.93. The third-order valence-corrected chi connectivity index (χ3v) is 7.06. The van der Waals surface area contributed by atoms with Gasteiger partial charge in [0.1, 0.15) is 12.4 Å². The van der Waals surface area contributed by atoms with E-state index in [1.54, 1.807) is 6.08 Å². The van der Waals surface area contributed by atoms with E-state index in [4.69, 9.17) is 10.1 Å². The quantitative estimate of drug-likeness (QED) is 0.283. The molecular formula is C28H27BrF3N3O3. The number of rotatable bonds is 8. The molecule has 0 saturated heterocycles. The number of halogens is 4. The molecule has 1 saturated carbocycles. The fourth-order valence-corrected chi connectivity index (χ4v) is 4.71. The third kappa shape index (κ3) is 6.86. The summed E-state index contributed by atoms with van der Waals surface area (Å²) in [6.07, 6.45) is 10.6. The molecule has 1 amide bonds. The van der Waals surface area contributed by atoms with E-state index < -0.39 is 34.7 Å². The molecule has 200 valence electrons. The molecule has 2 aromatic rings. The van der Waals surface area contributed by atoms with Crippen LogP contribution in [-0.2, 0) is 6.61 Å². The van der Waals surface area contributed by atoms with Crippen molar-refractivity contribution in [3.8, 4) is 11.5 Å². The van der Waals surface area contributed by atoms with Crippen LogP contribution in [0.1, 0.15) is 41.6 Å². The maximum absolute atomic E-state index is 14.6. The number of aromatic hydroxyl groups is 1. The maximum atomic E-state index is 14.6. The van der Waals surface area contributed by atoms with Gasteiger partial charge < -0.3 is 25.9 Å². The first-order valence-corrected chi connectivity index (χ1v) is 13.0. The van der Waals surface area contributed by atoms with Crippen LogP contribution in [0.15, 0.2) is 64.8 Å². The Balaban J connectivity index is 1.27. The van der Waals surface area contributed by atoms with Gasteiger partial charge in [-0.05, 0) is 67.5 Å². The number of hydrogen-bond donors (Lipinski definition) is 4. The second-order valence-corrected chi connectivity index (χ2v) is 10.2. The molecule has 2 aromatic carbocycles. The number of nitrogens with one attached hydrogen (secondary N) is 3. The lowest BCUT2D eigenvalue weighted by Crippen LogP contribution is -2.36. The monoisotopic (exact) mass is 589 g/mol. The first-order valence-electron chi connectivity index (χ1n) is 12.2. The number of carbonyl (C=O) groups is 1. The molecule has 2 aliphatic rings. The summed E-state index contributed by atoms with van der Waals surface area (Å²) in [6, 6.07) is 6.65. The van der Waals surface area contributed by atoms with Gasteiger partial charge in [0.2, 0.25) is 5.82 Å². The first kappa shape index (κ1) is 27.5. The topological polar surface area (TPSA) is 94.4 Å². The highest BCUT2D eigenvalue weighted by atomic mass is 79.9. The van der Waals surface area contributed by atoms with E-state index in [2.05, 4.69) is 26.6 Å². The molecule has 0 radical (unpaired) electrons. The zero-order chi connectivity index (χ0) is 27.2. The van der Waals surface area contributed by atoms with Crippen molar-refractivity contribution < 1.29 is 27.8 Å². The van der Waals surface area contributed by atoms with Crippen molar-refractivity contribution >= 4 is 27.5 Å². The van der Waals surface area contributed by atoms with Crippen LogP contribution in [0.4, 0.5) is 13.2 Å². The number of allylic oxidation sites excluding steroid dienone is 5. The highest BCUT2D eigenvalue weighted by Gasteiger charge is 2.26. The minimum atomic E-state index is -1.57. The second-order valence-electron chi connectivity index (χ2n) is 9.29. The molecule has 0 aliphatic heterocycles. The normalized spacial score (nSPS) is 20.3. The molecule has 0 aromatic heterocycles. The summed E-state index contributed by atoms with van der Waals surface area (Å²) in [5, 5.41) is 23.3. The van der Waals surface area contributed by atoms with Crippen LogP contribution in [0.25, 0.3) is 0 Å². The molecule has 10 heteroatoms. The van der Waals surface area contributed by atoms with Gasteiger partial charge in [0.05, 0.1) is 11.3 Å². The largest absolute Gasteiger partial charge is 0.508 e. The second kappa shape index (κ2) is 12.3. The van der Waals surface area contributed by atoms with Crippen molar-refractivity contribution in [2.24, 2.45) is 5.92 Å². The number of carbonyl (C=O) groups excluding carboxylic acids is 1. The molecule has 38 heavy (non-hydrogen) atoms. The van der Waals surface area contributed by atoms with Crippen LogP contribution < -0.4 is 15.4 Å². The van der Waals surface area contributed by atoms with Crippen molar-refractivity contribution in [1.82, 2.24) is 10.6 Å². The molecule has 0 spiro atoms. The van der Waals surface area contributed by atoms with Gasteiger partial charge in [0.25, 0.3) is 5.91 Å². The van der Waals surface area contributed by atoms with Gasteiger partial charge in [0, 0.05) is 28.8 Å². The lowest BCUT2D eigenvalue weighted by molar-refractivity contribution is 0.0936. The van der Waals surface area contributed by atoms with Gasteiger partial charge in [-0.1, -0.05) is 34.1 Å². The summed E-state index contributed by atoms with van der Waals surface area (Å²) >= 11 is 3.35. The van der Waals surface area contributed by atoms with E-state index in [-0.39, 0.29) is 30.9 Å². The third-order valence-electron chi connectivity index (χ3n) is 6.57. The molecule has 6 nitrogen and oxygen atoms in total. The van der Waals surface area contributed by atoms with E-state index in [1.165, 1.54) is 24.3 Å². The van der Waals surface area contributed by atoms with Crippen molar-refractivity contribution in [2.75, 3.05) is 6.54 Å². The van der Waals surface area contributed by atoms with Crippen LogP contribution in [0.3, 0.4) is 0 Å². The molecule has 0 unspecified atom stereocenters. The average molecular weight is 590 g/mol. The number of benzene rings is 2. The molecule has 2 aliphatic carbocycles. The molecule has 4 rings (SSSR count). The van der Waals surface area contributed by atoms with E-state index in [0.717, 1.165) is 35.7 Å². The average Bonchev–Trinajstić information content (AvgIpc) is 2.90. The zero-order valence-corrected chi connectivity index (χ0v) is 22.0. The van der Waals surface area contributed by atoms with E-state index >= 15 is 0 Å². The molecule has 0 heterocycles. The Hall–Kier alpha value is -3.53. The zero-order valence-electron chi connectivity index (χ0n) is 20.4. The molecular weight excluding hydrogens is 563 g/mol. The number of phenolic OH excluding ortho intramolecular Hbond substituents is 1. The number of hydrogen-bond acceptors (Lipinski definition) is 5. The Morgan fingerprint density at radius 2 is 1.82 bits per heavy atom. The Morgan fingerprint density at radius 1 is 1.11 bits per heavy atom.